The molecule has 1 N–H and O–H groups in total. The van der Waals surface area contributed by atoms with Gasteiger partial charge in [0.25, 0.3) is 0 Å². The summed E-state index contributed by atoms with van der Waals surface area (Å²) in [6, 6.07) is 22.6. The van der Waals surface area contributed by atoms with E-state index in [0.29, 0.717) is 42.9 Å². The molecule has 0 bridgehead atoms. The Morgan fingerprint density at radius 2 is 1.73 bits per heavy atom. The summed E-state index contributed by atoms with van der Waals surface area (Å²) in [5.74, 6) is 1.29. The highest BCUT2D eigenvalue weighted by Gasteiger charge is 2.28. The van der Waals surface area contributed by atoms with Gasteiger partial charge in [0, 0.05) is 50.6 Å². The van der Waals surface area contributed by atoms with E-state index in [1.54, 1.807) is 6.07 Å². The van der Waals surface area contributed by atoms with Crippen LogP contribution in [0.1, 0.15) is 56.6 Å². The third-order valence-electron chi connectivity index (χ3n) is 7.17. The number of halogens is 1. The Bertz CT molecular complexity index is 1210. The van der Waals surface area contributed by atoms with Crippen molar-refractivity contribution in [3.05, 3.63) is 83.0 Å². The minimum atomic E-state index is -0.0668. The van der Waals surface area contributed by atoms with Gasteiger partial charge in [-0.25, -0.2) is 9.97 Å². The fraction of sp³-hybridized carbons (Fsp3) is 0.419. The fourth-order valence-corrected chi connectivity index (χ4v) is 5.96. The first kappa shape index (κ1) is 29.9. The minimum absolute atomic E-state index is 0.0668. The van der Waals surface area contributed by atoms with Gasteiger partial charge < -0.3 is 15.1 Å². The second kappa shape index (κ2) is 15.1. The number of carbonyl (C=O) groups excluding carboxylic acids is 2. The maximum absolute atomic E-state index is 12.7. The molecule has 1 fully saturated rings. The first-order valence-electron chi connectivity index (χ1n) is 14.0. The summed E-state index contributed by atoms with van der Waals surface area (Å²) in [6.07, 6.45) is 3.33. The zero-order valence-corrected chi connectivity index (χ0v) is 24.8. The van der Waals surface area contributed by atoms with Crippen molar-refractivity contribution in [3.63, 3.8) is 0 Å². The Labute approximate surface area is 246 Å². The lowest BCUT2D eigenvalue weighted by Gasteiger charge is -2.40. The third kappa shape index (κ3) is 8.45. The Morgan fingerprint density at radius 3 is 2.35 bits per heavy atom. The fourth-order valence-electron chi connectivity index (χ4n) is 5.05. The van der Waals surface area contributed by atoms with Crippen LogP contribution in [0.25, 0.3) is 0 Å². The highest BCUT2D eigenvalue weighted by molar-refractivity contribution is 7.99. The molecule has 1 aliphatic heterocycles. The number of piperazine rings is 1. The van der Waals surface area contributed by atoms with Crippen LogP contribution in [0.2, 0.25) is 5.15 Å². The number of nitrogens with one attached hydrogen (secondary N) is 1. The van der Waals surface area contributed by atoms with Crippen molar-refractivity contribution in [2.75, 3.05) is 36.8 Å². The molecule has 1 atom stereocenters. The minimum Gasteiger partial charge on any atom is -0.355 e. The Kier molecular flexibility index (Phi) is 11.2. The lowest BCUT2D eigenvalue weighted by Crippen LogP contribution is -2.54. The lowest BCUT2D eigenvalue weighted by molar-refractivity contribution is -0.133. The zero-order valence-electron chi connectivity index (χ0n) is 23.3. The SMILES string of the molecule is CCCCC(=O)N1CCN(c2cc(Cl)nc(SCC(=O)NCCC(c3ccccc3)c3ccccc3)n2)CC1C. The average molecular weight is 580 g/mol. The predicted octanol–water partition coefficient (Wildman–Crippen LogP) is 5.79. The predicted molar refractivity (Wildman–Crippen MR) is 163 cm³/mol. The molecule has 0 saturated carbocycles. The molecule has 4 rings (SSSR count). The summed E-state index contributed by atoms with van der Waals surface area (Å²) in [5, 5.41) is 3.87. The van der Waals surface area contributed by atoms with Crippen LogP contribution in [0, 0.1) is 0 Å². The number of hydrogen-bond acceptors (Lipinski definition) is 6. The normalized spacial score (nSPS) is 15.3. The number of rotatable bonds is 12. The number of amides is 2. The van der Waals surface area contributed by atoms with Crippen molar-refractivity contribution in [3.8, 4) is 0 Å². The molecule has 1 aliphatic rings. The monoisotopic (exact) mass is 579 g/mol. The van der Waals surface area contributed by atoms with Gasteiger partial charge in [-0.2, -0.15) is 0 Å². The second-order valence-corrected chi connectivity index (χ2v) is 11.4. The van der Waals surface area contributed by atoms with Crippen LogP contribution < -0.4 is 10.2 Å². The highest BCUT2D eigenvalue weighted by atomic mass is 35.5. The Balaban J connectivity index is 1.29. The second-order valence-electron chi connectivity index (χ2n) is 10.1. The summed E-state index contributed by atoms with van der Waals surface area (Å²) in [6.45, 7) is 6.75. The summed E-state index contributed by atoms with van der Waals surface area (Å²) >= 11 is 7.61. The average Bonchev–Trinajstić information content (AvgIpc) is 2.97. The van der Waals surface area contributed by atoms with Gasteiger partial charge >= 0.3 is 0 Å². The summed E-state index contributed by atoms with van der Waals surface area (Å²) < 4.78 is 0. The van der Waals surface area contributed by atoms with Crippen molar-refractivity contribution in [2.45, 2.75) is 56.6 Å². The van der Waals surface area contributed by atoms with E-state index in [4.69, 9.17) is 11.6 Å². The first-order chi connectivity index (χ1) is 19.4. The van der Waals surface area contributed by atoms with Gasteiger partial charge in [-0.15, -0.1) is 0 Å². The van der Waals surface area contributed by atoms with E-state index in [1.165, 1.54) is 22.9 Å². The van der Waals surface area contributed by atoms with Crippen LogP contribution in [-0.2, 0) is 9.59 Å². The van der Waals surface area contributed by atoms with Crippen molar-refractivity contribution in [2.24, 2.45) is 0 Å². The molecule has 40 heavy (non-hydrogen) atoms. The molecule has 7 nitrogen and oxygen atoms in total. The van der Waals surface area contributed by atoms with E-state index in [9.17, 15) is 9.59 Å². The molecule has 212 valence electrons. The van der Waals surface area contributed by atoms with Gasteiger partial charge in [-0.3, -0.25) is 9.59 Å². The van der Waals surface area contributed by atoms with Gasteiger partial charge in [-0.05, 0) is 30.9 Å². The molecule has 2 amide bonds. The van der Waals surface area contributed by atoms with Crippen LogP contribution in [0.15, 0.2) is 71.9 Å². The molecule has 2 heterocycles. The molecule has 3 aromatic rings. The molecule has 0 spiro atoms. The van der Waals surface area contributed by atoms with Gasteiger partial charge in [0.05, 0.1) is 5.75 Å². The largest absolute Gasteiger partial charge is 0.355 e. The van der Waals surface area contributed by atoms with Crippen LogP contribution in [-0.4, -0.2) is 64.7 Å². The quantitative estimate of drug-likeness (QED) is 0.166. The molecule has 9 heteroatoms. The van der Waals surface area contributed by atoms with Gasteiger partial charge in [-0.1, -0.05) is 97.4 Å². The van der Waals surface area contributed by atoms with Gasteiger partial charge in [0.2, 0.25) is 11.8 Å². The molecule has 0 aliphatic carbocycles. The van der Waals surface area contributed by atoms with E-state index in [2.05, 4.69) is 58.3 Å². The number of carbonyl (C=O) groups is 2. The molecule has 1 unspecified atom stereocenters. The zero-order chi connectivity index (χ0) is 28.3. The maximum Gasteiger partial charge on any atom is 0.230 e. The molecule has 2 aromatic carbocycles. The molecular weight excluding hydrogens is 542 g/mol. The summed E-state index contributed by atoms with van der Waals surface area (Å²) in [4.78, 5) is 38.4. The lowest BCUT2D eigenvalue weighted by atomic mass is 9.88. The van der Waals surface area contributed by atoms with Crippen LogP contribution in [0.5, 0.6) is 0 Å². The first-order valence-corrected chi connectivity index (χ1v) is 15.4. The number of nitrogens with zero attached hydrogens (tertiary/aromatic N) is 4. The van der Waals surface area contributed by atoms with Crippen LogP contribution in [0.3, 0.4) is 0 Å². The van der Waals surface area contributed by atoms with Crippen LogP contribution in [0.4, 0.5) is 5.82 Å². The maximum atomic E-state index is 12.7. The van der Waals surface area contributed by atoms with Crippen molar-refractivity contribution in [1.82, 2.24) is 20.2 Å². The Hall–Kier alpha value is -3.10. The van der Waals surface area contributed by atoms with E-state index < -0.39 is 0 Å². The molecular formula is C31H38ClN5O2S. The topological polar surface area (TPSA) is 78.4 Å². The number of hydrogen-bond donors (Lipinski definition) is 1. The van der Waals surface area contributed by atoms with E-state index >= 15 is 0 Å². The van der Waals surface area contributed by atoms with Crippen molar-refractivity contribution >= 4 is 41.0 Å². The van der Waals surface area contributed by atoms with Gasteiger partial charge in [0.15, 0.2) is 5.16 Å². The highest BCUT2D eigenvalue weighted by Crippen LogP contribution is 2.28. The number of aromatic nitrogens is 2. The van der Waals surface area contributed by atoms with Crippen LogP contribution >= 0.6 is 23.4 Å². The standard InChI is InChI=1S/C31H38ClN5O2S/c1-3-4-15-30(39)37-19-18-36(21-23(37)2)28-20-27(32)34-31(35-28)40-22-29(38)33-17-16-26(24-11-7-5-8-12-24)25-13-9-6-10-14-25/h5-14,20,23,26H,3-4,15-19,21-22H2,1-2H3,(H,33,38). The van der Waals surface area contributed by atoms with Gasteiger partial charge in [0.1, 0.15) is 11.0 Å². The number of anilines is 1. The summed E-state index contributed by atoms with van der Waals surface area (Å²) in [7, 11) is 0. The molecule has 1 aromatic heterocycles. The molecule has 1 saturated heterocycles. The van der Waals surface area contributed by atoms with Crippen molar-refractivity contribution in [1.29, 1.82) is 0 Å². The number of benzene rings is 2. The smallest absolute Gasteiger partial charge is 0.230 e. The third-order valence-corrected chi connectivity index (χ3v) is 8.21. The van der Waals surface area contributed by atoms with E-state index in [-0.39, 0.29) is 29.5 Å². The van der Waals surface area contributed by atoms with E-state index in [0.717, 1.165) is 25.1 Å². The number of thioether (sulfide) groups is 1. The summed E-state index contributed by atoms with van der Waals surface area (Å²) in [5.41, 5.74) is 2.47. The number of unbranched alkanes of at least 4 members (excludes halogenated alkanes) is 1. The molecule has 0 radical (unpaired) electrons. The van der Waals surface area contributed by atoms with E-state index in [1.807, 2.05) is 41.3 Å². The van der Waals surface area contributed by atoms with Crippen molar-refractivity contribution < 1.29 is 9.59 Å². The Morgan fingerprint density at radius 1 is 1.05 bits per heavy atom.